The van der Waals surface area contributed by atoms with Crippen molar-refractivity contribution in [3.8, 4) is 5.75 Å². The van der Waals surface area contributed by atoms with E-state index in [1.165, 1.54) is 31.5 Å². The van der Waals surface area contributed by atoms with Crippen molar-refractivity contribution in [3.63, 3.8) is 0 Å². The maximum atomic E-state index is 12.4. The monoisotopic (exact) mass is 422 g/mol. The molecular formula is C25H34N4O2. The average Bonchev–Trinajstić information content (AvgIpc) is 3.33. The predicted molar refractivity (Wildman–Crippen MR) is 122 cm³/mol. The van der Waals surface area contributed by atoms with E-state index >= 15 is 0 Å². The predicted octanol–water partition coefficient (Wildman–Crippen LogP) is 3.34. The molecule has 0 unspecified atom stereocenters. The van der Waals surface area contributed by atoms with E-state index in [4.69, 9.17) is 4.74 Å². The van der Waals surface area contributed by atoms with Crippen molar-refractivity contribution in [2.45, 2.75) is 44.8 Å². The molecule has 1 N–H and O–H groups in total. The number of hydrogen-bond acceptors (Lipinski definition) is 5. The zero-order valence-electron chi connectivity index (χ0n) is 18.3. The van der Waals surface area contributed by atoms with Crippen molar-refractivity contribution >= 4 is 5.91 Å². The Bertz CT molecular complexity index is 798. The third kappa shape index (κ3) is 6.77. The topological polar surface area (TPSA) is 57.7 Å². The first-order valence-corrected chi connectivity index (χ1v) is 11.6. The summed E-state index contributed by atoms with van der Waals surface area (Å²) in [5.41, 5.74) is 2.00. The maximum absolute atomic E-state index is 12.4. The van der Waals surface area contributed by atoms with E-state index in [9.17, 15) is 4.79 Å². The molecule has 6 nitrogen and oxygen atoms in total. The Labute approximate surface area is 185 Å². The van der Waals surface area contributed by atoms with Crippen LogP contribution < -0.4 is 10.1 Å². The minimum atomic E-state index is -0.00241. The number of pyridine rings is 1. The van der Waals surface area contributed by atoms with E-state index in [2.05, 4.69) is 32.2 Å². The number of piperidine rings is 1. The highest BCUT2D eigenvalue weighted by Gasteiger charge is 2.20. The number of aromatic nitrogens is 1. The Morgan fingerprint density at radius 3 is 2.39 bits per heavy atom. The van der Waals surface area contributed by atoms with E-state index in [0.717, 1.165) is 57.7 Å². The van der Waals surface area contributed by atoms with Gasteiger partial charge in [-0.15, -0.1) is 0 Å². The Hall–Kier alpha value is -2.44. The Morgan fingerprint density at radius 1 is 0.968 bits per heavy atom. The van der Waals surface area contributed by atoms with Gasteiger partial charge in [0.15, 0.2) is 0 Å². The molecule has 2 saturated heterocycles. The molecule has 0 atom stereocenters. The summed E-state index contributed by atoms with van der Waals surface area (Å²) < 4.78 is 6.17. The Kier molecular flexibility index (Phi) is 7.91. The summed E-state index contributed by atoms with van der Waals surface area (Å²) in [6, 6.07) is 11.7. The second-order valence-corrected chi connectivity index (χ2v) is 8.63. The summed E-state index contributed by atoms with van der Waals surface area (Å²) in [6.45, 7) is 7.26. The first-order valence-electron chi connectivity index (χ1n) is 11.6. The van der Waals surface area contributed by atoms with Gasteiger partial charge < -0.3 is 15.0 Å². The highest BCUT2D eigenvalue weighted by Crippen LogP contribution is 2.20. The second kappa shape index (κ2) is 11.3. The molecule has 31 heavy (non-hydrogen) atoms. The first-order chi connectivity index (χ1) is 15.3. The summed E-state index contributed by atoms with van der Waals surface area (Å²) in [4.78, 5) is 21.4. The average molecular weight is 423 g/mol. The van der Waals surface area contributed by atoms with E-state index in [-0.39, 0.29) is 12.0 Å². The van der Waals surface area contributed by atoms with Gasteiger partial charge >= 0.3 is 0 Å². The van der Waals surface area contributed by atoms with Gasteiger partial charge in [0.05, 0.1) is 0 Å². The van der Waals surface area contributed by atoms with Gasteiger partial charge in [-0.1, -0.05) is 0 Å². The molecule has 0 bridgehead atoms. The van der Waals surface area contributed by atoms with Crippen LogP contribution in [0.15, 0.2) is 48.8 Å². The van der Waals surface area contributed by atoms with Crippen LogP contribution in [0.1, 0.15) is 48.0 Å². The maximum Gasteiger partial charge on any atom is 0.251 e. The lowest BCUT2D eigenvalue weighted by Crippen LogP contribution is -2.37. The lowest BCUT2D eigenvalue weighted by atomic mass is 10.1. The summed E-state index contributed by atoms with van der Waals surface area (Å²) >= 11 is 0. The van der Waals surface area contributed by atoms with E-state index in [1.54, 1.807) is 0 Å². The highest BCUT2D eigenvalue weighted by atomic mass is 16.5. The van der Waals surface area contributed by atoms with E-state index < -0.39 is 0 Å². The van der Waals surface area contributed by atoms with Crippen LogP contribution in [0.4, 0.5) is 0 Å². The van der Waals surface area contributed by atoms with E-state index in [1.807, 2.05) is 36.7 Å². The molecule has 1 aromatic carbocycles. The zero-order valence-corrected chi connectivity index (χ0v) is 18.3. The van der Waals surface area contributed by atoms with Crippen LogP contribution in [0.5, 0.6) is 5.75 Å². The molecule has 0 aliphatic carbocycles. The van der Waals surface area contributed by atoms with Crippen molar-refractivity contribution in [3.05, 3.63) is 59.9 Å². The van der Waals surface area contributed by atoms with Crippen LogP contribution >= 0.6 is 0 Å². The molecule has 2 aliphatic rings. The molecule has 166 valence electrons. The quantitative estimate of drug-likeness (QED) is 0.628. The van der Waals surface area contributed by atoms with Crippen LogP contribution in [-0.2, 0) is 6.54 Å². The fraction of sp³-hybridized carbons (Fsp3) is 0.520. The molecule has 1 amide bonds. The molecule has 0 radical (unpaired) electrons. The van der Waals surface area contributed by atoms with Crippen molar-refractivity contribution < 1.29 is 9.53 Å². The summed E-state index contributed by atoms with van der Waals surface area (Å²) in [6.07, 6.45) is 9.60. The van der Waals surface area contributed by atoms with Gasteiger partial charge in [-0.2, -0.15) is 0 Å². The smallest absolute Gasteiger partial charge is 0.251 e. The summed E-state index contributed by atoms with van der Waals surface area (Å²) in [5.74, 6) is 0.843. The number of nitrogens with zero attached hydrogens (tertiary/aromatic N) is 3. The minimum absolute atomic E-state index is 0.00241. The van der Waals surface area contributed by atoms with Crippen LogP contribution in [0.3, 0.4) is 0 Å². The fourth-order valence-corrected chi connectivity index (χ4v) is 4.42. The van der Waals surface area contributed by atoms with Crippen molar-refractivity contribution in [2.24, 2.45) is 0 Å². The molecule has 2 aliphatic heterocycles. The molecule has 4 rings (SSSR count). The lowest BCUT2D eigenvalue weighted by molar-refractivity contribution is 0.0949. The molecule has 3 heterocycles. The number of rotatable bonds is 9. The second-order valence-electron chi connectivity index (χ2n) is 8.63. The van der Waals surface area contributed by atoms with Crippen LogP contribution in [0.25, 0.3) is 0 Å². The standard InChI is InChI=1S/C25H34N4O2/c30-25(27-12-3-17-28-15-1-2-16-28)22-4-6-23(7-5-22)31-24-10-18-29(19-11-24)20-21-8-13-26-14-9-21/h4-9,13-14,24H,1-3,10-12,15-20H2,(H,27,30). The number of amides is 1. The zero-order chi connectivity index (χ0) is 21.3. The number of carbonyl (C=O) groups excluding carboxylic acids is 1. The molecular weight excluding hydrogens is 388 g/mol. The van der Waals surface area contributed by atoms with Crippen LogP contribution in [-0.4, -0.2) is 66.1 Å². The molecule has 2 aromatic rings. The number of benzene rings is 1. The fourth-order valence-electron chi connectivity index (χ4n) is 4.42. The molecule has 1 aromatic heterocycles. The molecule has 0 saturated carbocycles. The largest absolute Gasteiger partial charge is 0.490 e. The number of likely N-dealkylation sites (tertiary alicyclic amines) is 2. The number of nitrogens with one attached hydrogen (secondary N) is 1. The minimum Gasteiger partial charge on any atom is -0.490 e. The van der Waals surface area contributed by atoms with Gasteiger partial charge in [-0.05, 0) is 93.7 Å². The number of ether oxygens (including phenoxy) is 1. The van der Waals surface area contributed by atoms with Gasteiger partial charge in [-0.25, -0.2) is 0 Å². The summed E-state index contributed by atoms with van der Waals surface area (Å²) in [5, 5.41) is 3.03. The van der Waals surface area contributed by atoms with Crippen molar-refractivity contribution in [2.75, 3.05) is 39.3 Å². The highest BCUT2D eigenvalue weighted by molar-refractivity contribution is 5.94. The molecule has 6 heteroatoms. The first kappa shape index (κ1) is 21.8. The lowest BCUT2D eigenvalue weighted by Gasteiger charge is -2.32. The normalized spacial score (nSPS) is 18.2. The van der Waals surface area contributed by atoms with Crippen molar-refractivity contribution in [1.82, 2.24) is 20.1 Å². The molecule has 2 fully saturated rings. The molecule has 0 spiro atoms. The van der Waals surface area contributed by atoms with Gasteiger partial charge in [-0.3, -0.25) is 14.7 Å². The van der Waals surface area contributed by atoms with Gasteiger partial charge in [0.2, 0.25) is 0 Å². The van der Waals surface area contributed by atoms with Gasteiger partial charge in [0, 0.05) is 44.1 Å². The SMILES string of the molecule is O=C(NCCCN1CCCC1)c1ccc(OC2CCN(Cc3ccncc3)CC2)cc1. The third-order valence-corrected chi connectivity index (χ3v) is 6.24. The Morgan fingerprint density at radius 2 is 1.68 bits per heavy atom. The Balaban J connectivity index is 1.15. The van der Waals surface area contributed by atoms with Crippen LogP contribution in [0, 0.1) is 0 Å². The summed E-state index contributed by atoms with van der Waals surface area (Å²) in [7, 11) is 0. The van der Waals surface area contributed by atoms with E-state index in [0.29, 0.717) is 5.56 Å². The third-order valence-electron chi connectivity index (χ3n) is 6.24. The number of hydrogen-bond donors (Lipinski definition) is 1. The van der Waals surface area contributed by atoms with Gasteiger partial charge in [0.25, 0.3) is 5.91 Å². The van der Waals surface area contributed by atoms with Crippen LogP contribution in [0.2, 0.25) is 0 Å². The number of carbonyl (C=O) groups is 1. The van der Waals surface area contributed by atoms with Crippen molar-refractivity contribution in [1.29, 1.82) is 0 Å². The van der Waals surface area contributed by atoms with Gasteiger partial charge in [0.1, 0.15) is 11.9 Å².